The van der Waals surface area contributed by atoms with Gasteiger partial charge in [0.15, 0.2) is 0 Å². The number of carbonyl (C=O) groups is 1. The molecule has 4 nitrogen and oxygen atoms in total. The predicted molar refractivity (Wildman–Crippen MR) is 90.6 cm³/mol. The predicted octanol–water partition coefficient (Wildman–Crippen LogP) is 3.50. The van der Waals surface area contributed by atoms with E-state index >= 15 is 0 Å². The fraction of sp³-hybridized carbons (Fsp3) is 0.444. The van der Waals surface area contributed by atoms with Gasteiger partial charge in [-0.3, -0.25) is 4.79 Å². The molecule has 0 saturated heterocycles. The van der Waals surface area contributed by atoms with Gasteiger partial charge in [0.2, 0.25) is 5.91 Å². The Morgan fingerprint density at radius 2 is 2.09 bits per heavy atom. The first-order valence-corrected chi connectivity index (χ1v) is 8.98. The molecular weight excluding hydrogens is 308 g/mol. The van der Waals surface area contributed by atoms with Crippen LogP contribution >= 0.6 is 11.3 Å². The smallest absolute Gasteiger partial charge is 0.226 e. The third-order valence-corrected chi connectivity index (χ3v) is 5.97. The second kappa shape index (κ2) is 5.96. The van der Waals surface area contributed by atoms with E-state index in [1.54, 1.807) is 18.4 Å². The summed E-state index contributed by atoms with van der Waals surface area (Å²) in [6, 6.07) is 8.01. The zero-order valence-electron chi connectivity index (χ0n) is 13.2. The molecule has 1 aliphatic heterocycles. The summed E-state index contributed by atoms with van der Waals surface area (Å²) in [5, 5.41) is 1.04. The Kier molecular flexibility index (Phi) is 3.81. The molecule has 0 N–H and O–H groups in total. The Morgan fingerprint density at radius 1 is 1.30 bits per heavy atom. The lowest BCUT2D eigenvalue weighted by Crippen LogP contribution is -2.41. The number of hydrogen-bond donors (Lipinski definition) is 0. The van der Waals surface area contributed by atoms with Crippen LogP contribution in [0.3, 0.4) is 0 Å². The number of nitrogens with zero attached hydrogens (tertiary/aromatic N) is 2. The van der Waals surface area contributed by atoms with E-state index in [1.165, 1.54) is 17.0 Å². The third-order valence-electron chi connectivity index (χ3n) is 4.83. The topological polar surface area (TPSA) is 42.4 Å². The molecule has 2 heterocycles. The van der Waals surface area contributed by atoms with Crippen LogP contribution in [0.2, 0.25) is 0 Å². The van der Waals surface area contributed by atoms with E-state index in [1.807, 2.05) is 29.2 Å². The van der Waals surface area contributed by atoms with Crippen molar-refractivity contribution in [2.75, 3.05) is 13.7 Å². The van der Waals surface area contributed by atoms with Crippen LogP contribution in [0.4, 0.5) is 0 Å². The van der Waals surface area contributed by atoms with Crippen molar-refractivity contribution < 1.29 is 9.53 Å². The van der Waals surface area contributed by atoms with Gasteiger partial charge in [0, 0.05) is 29.3 Å². The standard InChI is InChI=1S/C18H20N2O2S/c1-22-14-7-5-12(6-8-14)17-19-15-9-10-20(11-16(15)23-17)18(21)13-3-2-4-13/h5-8,13H,2-4,9-11H2,1H3. The monoisotopic (exact) mass is 328 g/mol. The van der Waals surface area contributed by atoms with E-state index in [4.69, 9.17) is 9.72 Å². The Morgan fingerprint density at radius 3 is 2.74 bits per heavy atom. The highest BCUT2D eigenvalue weighted by Gasteiger charge is 2.32. The van der Waals surface area contributed by atoms with Crippen LogP contribution in [-0.2, 0) is 17.8 Å². The van der Waals surface area contributed by atoms with E-state index in [2.05, 4.69) is 0 Å². The maximum Gasteiger partial charge on any atom is 0.226 e. The van der Waals surface area contributed by atoms with Crippen LogP contribution in [0.15, 0.2) is 24.3 Å². The molecule has 23 heavy (non-hydrogen) atoms. The first kappa shape index (κ1) is 14.7. The Labute approximate surface area is 140 Å². The van der Waals surface area contributed by atoms with Gasteiger partial charge in [-0.1, -0.05) is 6.42 Å². The Balaban J connectivity index is 1.53. The molecule has 1 aromatic carbocycles. The largest absolute Gasteiger partial charge is 0.497 e. The van der Waals surface area contributed by atoms with E-state index in [9.17, 15) is 4.79 Å². The first-order chi connectivity index (χ1) is 11.2. The highest BCUT2D eigenvalue weighted by atomic mass is 32.1. The van der Waals surface area contributed by atoms with E-state index < -0.39 is 0 Å². The summed E-state index contributed by atoms with van der Waals surface area (Å²) in [6.07, 6.45) is 4.22. The van der Waals surface area contributed by atoms with Crippen molar-refractivity contribution in [3.8, 4) is 16.3 Å². The van der Waals surface area contributed by atoms with Gasteiger partial charge in [-0.15, -0.1) is 11.3 Å². The van der Waals surface area contributed by atoms with Gasteiger partial charge >= 0.3 is 0 Å². The average Bonchev–Trinajstić information content (AvgIpc) is 2.96. The normalized spacial score (nSPS) is 17.5. The number of rotatable bonds is 3. The minimum absolute atomic E-state index is 0.283. The van der Waals surface area contributed by atoms with Crippen molar-refractivity contribution in [3.63, 3.8) is 0 Å². The van der Waals surface area contributed by atoms with E-state index in [-0.39, 0.29) is 5.92 Å². The quantitative estimate of drug-likeness (QED) is 0.866. The van der Waals surface area contributed by atoms with E-state index in [0.29, 0.717) is 5.91 Å². The number of fused-ring (bicyclic) bond motifs is 1. The number of thiazole rings is 1. The summed E-state index contributed by atoms with van der Waals surface area (Å²) in [5.74, 6) is 1.49. The Hall–Kier alpha value is -1.88. The molecule has 1 aliphatic carbocycles. The first-order valence-electron chi connectivity index (χ1n) is 8.16. The minimum Gasteiger partial charge on any atom is -0.497 e. The number of hydrogen-bond acceptors (Lipinski definition) is 4. The highest BCUT2D eigenvalue weighted by molar-refractivity contribution is 7.15. The van der Waals surface area contributed by atoms with Crippen LogP contribution in [0, 0.1) is 5.92 Å². The molecule has 1 amide bonds. The molecule has 120 valence electrons. The fourth-order valence-electron chi connectivity index (χ4n) is 3.15. The number of aromatic nitrogens is 1. The number of benzene rings is 1. The molecule has 2 aromatic rings. The molecule has 1 fully saturated rings. The van der Waals surface area contributed by atoms with Crippen molar-refractivity contribution in [1.82, 2.24) is 9.88 Å². The second-order valence-electron chi connectivity index (χ2n) is 6.26. The molecule has 4 rings (SSSR count). The lowest BCUT2D eigenvalue weighted by Gasteiger charge is -2.33. The van der Waals surface area contributed by atoms with E-state index in [0.717, 1.165) is 48.7 Å². The third kappa shape index (κ3) is 2.74. The van der Waals surface area contributed by atoms with Crippen molar-refractivity contribution in [2.45, 2.75) is 32.2 Å². The molecule has 0 bridgehead atoms. The lowest BCUT2D eigenvalue weighted by molar-refractivity contribution is -0.139. The van der Waals surface area contributed by atoms with Gasteiger partial charge in [0.1, 0.15) is 10.8 Å². The lowest BCUT2D eigenvalue weighted by atomic mass is 9.84. The summed E-state index contributed by atoms with van der Waals surface area (Å²) < 4.78 is 5.20. The number of amides is 1. The number of carbonyl (C=O) groups excluding carboxylic acids is 1. The van der Waals surface area contributed by atoms with Gasteiger partial charge < -0.3 is 9.64 Å². The number of ether oxygens (including phenoxy) is 1. The van der Waals surface area contributed by atoms with Crippen LogP contribution in [0.25, 0.3) is 10.6 Å². The molecule has 0 atom stereocenters. The summed E-state index contributed by atoms with van der Waals surface area (Å²) >= 11 is 1.71. The Bertz CT molecular complexity index is 719. The molecule has 1 aromatic heterocycles. The zero-order chi connectivity index (χ0) is 15.8. The van der Waals surface area contributed by atoms with Crippen LogP contribution in [0.1, 0.15) is 29.8 Å². The molecule has 0 radical (unpaired) electrons. The summed E-state index contributed by atoms with van der Waals surface area (Å²) in [7, 11) is 1.67. The summed E-state index contributed by atoms with van der Waals surface area (Å²) in [6.45, 7) is 1.55. The molecule has 0 spiro atoms. The molecular formula is C18H20N2O2S. The second-order valence-corrected chi connectivity index (χ2v) is 7.34. The summed E-state index contributed by atoms with van der Waals surface area (Å²) in [5.41, 5.74) is 2.28. The maximum absolute atomic E-state index is 12.4. The van der Waals surface area contributed by atoms with Crippen molar-refractivity contribution in [2.24, 2.45) is 5.92 Å². The van der Waals surface area contributed by atoms with Gasteiger partial charge in [-0.2, -0.15) is 0 Å². The minimum atomic E-state index is 0.283. The average molecular weight is 328 g/mol. The van der Waals surface area contributed by atoms with Crippen molar-refractivity contribution >= 4 is 17.2 Å². The molecule has 5 heteroatoms. The van der Waals surface area contributed by atoms with Crippen molar-refractivity contribution in [1.29, 1.82) is 0 Å². The van der Waals surface area contributed by atoms with Crippen molar-refractivity contribution in [3.05, 3.63) is 34.8 Å². The van der Waals surface area contributed by atoms with Crippen LogP contribution < -0.4 is 4.74 Å². The summed E-state index contributed by atoms with van der Waals surface area (Å²) in [4.78, 5) is 20.5. The SMILES string of the molecule is COc1ccc(-c2nc3c(s2)CN(C(=O)C2CCC2)CC3)cc1. The van der Waals surface area contributed by atoms with Gasteiger partial charge in [-0.05, 0) is 37.1 Å². The highest BCUT2D eigenvalue weighted by Crippen LogP contribution is 2.34. The van der Waals surface area contributed by atoms with Gasteiger partial charge in [-0.25, -0.2) is 4.98 Å². The van der Waals surface area contributed by atoms with Crippen LogP contribution in [0.5, 0.6) is 5.75 Å². The maximum atomic E-state index is 12.4. The zero-order valence-corrected chi connectivity index (χ0v) is 14.1. The van der Waals surface area contributed by atoms with Gasteiger partial charge in [0.05, 0.1) is 19.3 Å². The number of methoxy groups -OCH3 is 1. The van der Waals surface area contributed by atoms with Gasteiger partial charge in [0.25, 0.3) is 0 Å². The van der Waals surface area contributed by atoms with Crippen LogP contribution in [-0.4, -0.2) is 29.4 Å². The fourth-order valence-corrected chi connectivity index (χ4v) is 4.28. The molecule has 2 aliphatic rings. The molecule has 1 saturated carbocycles. The molecule has 0 unspecified atom stereocenters.